The second-order valence-corrected chi connectivity index (χ2v) is 8.73. The molecule has 26 heavy (non-hydrogen) atoms. The van der Waals surface area contributed by atoms with E-state index in [9.17, 15) is 0 Å². The quantitative estimate of drug-likeness (QED) is 0.509. The molecular weight excluding hydrogens is 454 g/mol. The van der Waals surface area contributed by atoms with Gasteiger partial charge in [-0.15, -0.1) is 0 Å². The maximum atomic E-state index is 2.39. The minimum absolute atomic E-state index is 0. The van der Waals surface area contributed by atoms with Crippen LogP contribution in [0.15, 0.2) is 53.6 Å². The van der Waals surface area contributed by atoms with Gasteiger partial charge in [0.1, 0.15) is 0 Å². The third-order valence-electron chi connectivity index (χ3n) is 5.66. The SMILES string of the molecule is CC1=Cc2ccccc2C1[SiH]C1C(C)=C(C)c2c(C)cccc21.[Cl-].[Cl-].[Zr+2]. The van der Waals surface area contributed by atoms with Crippen LogP contribution in [0.2, 0.25) is 0 Å². The van der Waals surface area contributed by atoms with Crippen LogP contribution in [0.5, 0.6) is 0 Å². The van der Waals surface area contributed by atoms with E-state index in [-0.39, 0.29) is 60.5 Å². The van der Waals surface area contributed by atoms with Gasteiger partial charge in [0.05, 0.1) is 9.52 Å². The first-order chi connectivity index (χ1) is 11.1. The van der Waals surface area contributed by atoms with Crippen molar-refractivity contribution in [2.45, 2.75) is 38.8 Å². The molecule has 2 aromatic rings. The Hall–Kier alpha value is -0.400. The largest absolute Gasteiger partial charge is 2.00 e. The fourth-order valence-corrected chi connectivity index (χ4v) is 6.65. The Kier molecular flexibility index (Phi) is 8.36. The zero-order valence-corrected chi connectivity index (χ0v) is 20.7. The van der Waals surface area contributed by atoms with Gasteiger partial charge in [0.25, 0.3) is 0 Å². The van der Waals surface area contributed by atoms with E-state index in [2.05, 4.69) is 76.2 Å². The summed E-state index contributed by atoms with van der Waals surface area (Å²) in [6.07, 6.45) is 2.39. The Bertz CT molecular complexity index is 870. The van der Waals surface area contributed by atoms with Gasteiger partial charge in [0, 0.05) is 0 Å². The summed E-state index contributed by atoms with van der Waals surface area (Å²) in [7, 11) is 0.284. The van der Waals surface area contributed by atoms with Crippen LogP contribution in [-0.4, -0.2) is 9.52 Å². The van der Waals surface area contributed by atoms with E-state index in [4.69, 9.17) is 0 Å². The average Bonchev–Trinajstić information content (AvgIpc) is 2.98. The summed E-state index contributed by atoms with van der Waals surface area (Å²) in [5.74, 6) is 0. The third kappa shape index (κ3) is 3.76. The Morgan fingerprint density at radius 2 is 1.42 bits per heavy atom. The van der Waals surface area contributed by atoms with Crippen LogP contribution >= 0.6 is 0 Å². The van der Waals surface area contributed by atoms with Gasteiger partial charge < -0.3 is 24.8 Å². The fourth-order valence-electron chi connectivity index (χ4n) is 4.33. The van der Waals surface area contributed by atoms with Crippen molar-refractivity contribution in [3.8, 4) is 0 Å². The standard InChI is InChI=1S/C22H23Si.2ClH.Zr/c1-13-8-7-11-19-20(13)15(3)16(4)22(19)23-21-14(2)12-17-9-5-6-10-18(17)21;;;/h5-12,21-23H,1-4H3;2*1H;/q;;;+2/p-2. The van der Waals surface area contributed by atoms with Gasteiger partial charge in [-0.3, -0.25) is 0 Å². The van der Waals surface area contributed by atoms with Crippen LogP contribution in [-0.2, 0) is 26.2 Å². The first-order valence-corrected chi connectivity index (χ1v) is 9.80. The first kappa shape index (κ1) is 23.6. The molecule has 0 saturated carbocycles. The molecule has 0 aromatic heterocycles. The molecule has 0 amide bonds. The number of rotatable bonds is 2. The predicted octanol–water partition coefficient (Wildman–Crippen LogP) is -0.557. The molecule has 2 aliphatic rings. The average molecular weight is 478 g/mol. The maximum absolute atomic E-state index is 2.39. The van der Waals surface area contributed by atoms with E-state index in [1.165, 1.54) is 22.3 Å². The van der Waals surface area contributed by atoms with Crippen molar-refractivity contribution in [1.29, 1.82) is 0 Å². The van der Waals surface area contributed by atoms with Gasteiger partial charge in [0.2, 0.25) is 0 Å². The van der Waals surface area contributed by atoms with E-state index in [1.807, 2.05) is 0 Å². The number of fused-ring (bicyclic) bond motifs is 2. The van der Waals surface area contributed by atoms with Gasteiger partial charge in [-0.1, -0.05) is 59.7 Å². The van der Waals surface area contributed by atoms with Crippen molar-refractivity contribution in [3.63, 3.8) is 0 Å². The molecule has 2 atom stereocenters. The van der Waals surface area contributed by atoms with Crippen molar-refractivity contribution in [2.75, 3.05) is 0 Å². The summed E-state index contributed by atoms with van der Waals surface area (Å²) in [6.45, 7) is 9.23. The van der Waals surface area contributed by atoms with E-state index < -0.39 is 0 Å². The summed E-state index contributed by atoms with van der Waals surface area (Å²) in [6, 6.07) is 15.8. The van der Waals surface area contributed by atoms with Crippen molar-refractivity contribution in [3.05, 3.63) is 81.4 Å². The van der Waals surface area contributed by atoms with E-state index in [0.29, 0.717) is 11.1 Å². The topological polar surface area (TPSA) is 0 Å². The molecule has 0 saturated heterocycles. The van der Waals surface area contributed by atoms with Gasteiger partial charge in [-0.25, -0.2) is 0 Å². The smallest absolute Gasteiger partial charge is 1.00 e. The molecule has 133 valence electrons. The van der Waals surface area contributed by atoms with Crippen LogP contribution in [0.4, 0.5) is 0 Å². The second-order valence-electron chi connectivity index (χ2n) is 7.01. The molecular formula is C22H23Cl2SiZr. The number of benzene rings is 2. The van der Waals surface area contributed by atoms with Crippen molar-refractivity contribution >= 4 is 21.2 Å². The number of halogens is 2. The monoisotopic (exact) mass is 475 g/mol. The van der Waals surface area contributed by atoms with Crippen molar-refractivity contribution in [1.82, 2.24) is 0 Å². The summed E-state index contributed by atoms with van der Waals surface area (Å²) < 4.78 is 0. The number of hydrogen-bond donors (Lipinski definition) is 0. The summed E-state index contributed by atoms with van der Waals surface area (Å²) in [5, 5.41) is 0. The molecule has 4 heteroatoms. The van der Waals surface area contributed by atoms with Crippen LogP contribution in [0.1, 0.15) is 59.7 Å². The summed E-state index contributed by atoms with van der Waals surface area (Å²) in [5.41, 5.74) is 13.5. The third-order valence-corrected chi connectivity index (χ3v) is 8.18. The Morgan fingerprint density at radius 1 is 0.769 bits per heavy atom. The molecule has 0 aliphatic heterocycles. The number of aryl methyl sites for hydroxylation is 1. The zero-order valence-electron chi connectivity index (χ0n) is 15.6. The van der Waals surface area contributed by atoms with Crippen LogP contribution < -0.4 is 24.8 Å². The molecule has 2 aliphatic carbocycles. The number of hydrogen-bond acceptors (Lipinski definition) is 0. The van der Waals surface area contributed by atoms with E-state index >= 15 is 0 Å². The Labute approximate surface area is 191 Å². The molecule has 0 N–H and O–H groups in total. The molecule has 0 bridgehead atoms. The molecule has 0 heterocycles. The van der Waals surface area contributed by atoms with Crippen LogP contribution in [0.25, 0.3) is 11.6 Å². The van der Waals surface area contributed by atoms with Gasteiger partial charge in [-0.2, -0.15) is 0 Å². The summed E-state index contributed by atoms with van der Waals surface area (Å²) >= 11 is 0. The van der Waals surface area contributed by atoms with Crippen LogP contribution in [0.3, 0.4) is 0 Å². The molecule has 2 unspecified atom stereocenters. The van der Waals surface area contributed by atoms with Gasteiger partial charge in [0.15, 0.2) is 0 Å². The molecule has 1 radical (unpaired) electrons. The first-order valence-electron chi connectivity index (χ1n) is 8.47. The van der Waals surface area contributed by atoms with E-state index in [1.54, 1.807) is 22.3 Å². The Balaban J connectivity index is 0.00000113. The van der Waals surface area contributed by atoms with Crippen LogP contribution in [0, 0.1) is 6.92 Å². The van der Waals surface area contributed by atoms with Crippen molar-refractivity contribution in [2.24, 2.45) is 0 Å². The maximum Gasteiger partial charge on any atom is 2.00 e. The molecule has 4 rings (SSSR count). The second kappa shape index (κ2) is 9.20. The minimum Gasteiger partial charge on any atom is -1.00 e. The van der Waals surface area contributed by atoms with Gasteiger partial charge >= 0.3 is 26.2 Å². The molecule has 0 spiro atoms. The zero-order chi connectivity index (χ0) is 16.1. The fraction of sp³-hybridized carbons (Fsp3) is 0.273. The van der Waals surface area contributed by atoms with E-state index in [0.717, 1.165) is 0 Å². The molecule has 0 fully saturated rings. The minimum atomic E-state index is 0. The molecule has 2 aromatic carbocycles. The normalized spacial score (nSPS) is 19.6. The molecule has 0 nitrogen and oxygen atoms in total. The predicted molar refractivity (Wildman–Crippen MR) is 102 cm³/mol. The summed E-state index contributed by atoms with van der Waals surface area (Å²) in [4.78, 5) is 0. The van der Waals surface area contributed by atoms with Gasteiger partial charge in [-0.05, 0) is 72.2 Å². The van der Waals surface area contributed by atoms with Crippen molar-refractivity contribution < 1.29 is 51.0 Å². The number of allylic oxidation sites excluding steroid dienone is 3. The Morgan fingerprint density at radius 3 is 2.15 bits per heavy atom.